The van der Waals surface area contributed by atoms with Crippen molar-refractivity contribution < 1.29 is 0 Å². The molecule has 0 radical (unpaired) electrons. The summed E-state index contributed by atoms with van der Waals surface area (Å²) >= 11 is 1.75. The van der Waals surface area contributed by atoms with Gasteiger partial charge in [0.2, 0.25) is 0 Å². The Balaban J connectivity index is 0.00000162. The van der Waals surface area contributed by atoms with Crippen molar-refractivity contribution >= 4 is 34.0 Å². The van der Waals surface area contributed by atoms with Crippen molar-refractivity contribution in [2.45, 2.75) is 26.4 Å². The number of hydrogen-bond acceptors (Lipinski definition) is 4. The lowest BCUT2D eigenvalue weighted by atomic mass is 10.2. The number of nitrogens with two attached hydrogens (primary N) is 1. The average molecular weight is 286 g/mol. The number of benzene rings is 1. The number of halogens is 1. The number of hydrogen-bond donors (Lipinski definition) is 1. The quantitative estimate of drug-likeness (QED) is 0.939. The molecule has 2 rings (SSSR count). The number of likely N-dealkylation sites (N-methyl/N-ethyl adjacent to an activating group) is 1. The van der Waals surface area contributed by atoms with E-state index >= 15 is 0 Å². The average Bonchev–Trinajstić information content (AvgIpc) is 2.67. The van der Waals surface area contributed by atoms with Gasteiger partial charge >= 0.3 is 0 Å². The summed E-state index contributed by atoms with van der Waals surface area (Å²) in [7, 11) is 2.11. The Labute approximate surface area is 118 Å². The van der Waals surface area contributed by atoms with E-state index in [0.29, 0.717) is 12.6 Å². The van der Waals surface area contributed by atoms with Crippen LogP contribution < -0.4 is 5.73 Å². The second kappa shape index (κ2) is 6.48. The molecular weight excluding hydrogens is 266 g/mol. The summed E-state index contributed by atoms with van der Waals surface area (Å²) < 4.78 is 1.27. The van der Waals surface area contributed by atoms with Crippen molar-refractivity contribution in [3.63, 3.8) is 0 Å². The fourth-order valence-electron chi connectivity index (χ4n) is 1.81. The van der Waals surface area contributed by atoms with Crippen LogP contribution in [0.5, 0.6) is 0 Å². The molecular formula is C13H20ClN3S. The molecule has 1 atom stereocenters. The zero-order valence-corrected chi connectivity index (χ0v) is 12.6. The highest BCUT2D eigenvalue weighted by molar-refractivity contribution is 7.18. The second-order valence-corrected chi connectivity index (χ2v) is 5.77. The van der Waals surface area contributed by atoms with Crippen LogP contribution in [-0.2, 0) is 6.54 Å². The maximum Gasteiger partial charge on any atom is 0.0907 e. The van der Waals surface area contributed by atoms with Gasteiger partial charge in [-0.15, -0.1) is 23.7 Å². The van der Waals surface area contributed by atoms with E-state index in [1.807, 2.05) is 6.92 Å². The molecule has 1 aromatic carbocycles. The zero-order valence-electron chi connectivity index (χ0n) is 11.0. The van der Waals surface area contributed by atoms with Gasteiger partial charge in [0, 0.05) is 19.1 Å². The van der Waals surface area contributed by atoms with Crippen LogP contribution in [0.15, 0.2) is 18.2 Å². The highest BCUT2D eigenvalue weighted by atomic mass is 35.5. The van der Waals surface area contributed by atoms with Crippen molar-refractivity contribution in [3.05, 3.63) is 28.8 Å². The minimum absolute atomic E-state index is 0. The summed E-state index contributed by atoms with van der Waals surface area (Å²) in [6.07, 6.45) is 0. The Morgan fingerprint density at radius 1 is 1.44 bits per heavy atom. The molecule has 3 nitrogen and oxygen atoms in total. The number of nitrogens with zero attached hydrogens (tertiary/aromatic N) is 2. The summed E-state index contributed by atoms with van der Waals surface area (Å²) in [6, 6.07) is 6.91. The molecule has 100 valence electrons. The first-order valence-corrected chi connectivity index (χ1v) is 6.68. The molecule has 2 aromatic rings. The molecule has 18 heavy (non-hydrogen) atoms. The Kier molecular flexibility index (Phi) is 5.53. The zero-order chi connectivity index (χ0) is 12.4. The van der Waals surface area contributed by atoms with Gasteiger partial charge in [-0.1, -0.05) is 6.07 Å². The standard InChI is InChI=1S/C13H19N3S.ClH/c1-9(7-14)16(3)8-11-4-5-12-13(6-11)17-10(2)15-12;/h4-6,9H,7-8,14H2,1-3H3;1H. The first kappa shape index (κ1) is 15.4. The third-order valence-electron chi connectivity index (χ3n) is 3.09. The van der Waals surface area contributed by atoms with Crippen molar-refractivity contribution in [2.75, 3.05) is 13.6 Å². The molecule has 0 spiro atoms. The molecule has 0 saturated carbocycles. The fraction of sp³-hybridized carbons (Fsp3) is 0.462. The maximum atomic E-state index is 5.67. The van der Waals surface area contributed by atoms with E-state index in [1.54, 1.807) is 11.3 Å². The summed E-state index contributed by atoms with van der Waals surface area (Å²) in [4.78, 5) is 6.74. The third kappa shape index (κ3) is 3.42. The predicted octanol–water partition coefficient (Wildman–Crippen LogP) is 2.81. The van der Waals surface area contributed by atoms with E-state index in [2.05, 4.69) is 42.1 Å². The molecule has 5 heteroatoms. The molecule has 0 saturated heterocycles. The van der Waals surface area contributed by atoms with E-state index in [-0.39, 0.29) is 12.4 Å². The highest BCUT2D eigenvalue weighted by Gasteiger charge is 2.08. The van der Waals surface area contributed by atoms with Gasteiger partial charge in [0.05, 0.1) is 15.2 Å². The Morgan fingerprint density at radius 2 is 2.17 bits per heavy atom. The van der Waals surface area contributed by atoms with E-state index in [0.717, 1.165) is 17.1 Å². The van der Waals surface area contributed by atoms with Gasteiger partial charge in [-0.2, -0.15) is 0 Å². The van der Waals surface area contributed by atoms with Crippen LogP contribution in [0.3, 0.4) is 0 Å². The van der Waals surface area contributed by atoms with Crippen LogP contribution in [0.25, 0.3) is 10.2 Å². The van der Waals surface area contributed by atoms with Crippen LogP contribution in [0, 0.1) is 6.92 Å². The maximum absolute atomic E-state index is 5.67. The van der Waals surface area contributed by atoms with Crippen molar-refractivity contribution in [1.82, 2.24) is 9.88 Å². The number of thiazole rings is 1. The summed E-state index contributed by atoms with van der Waals surface area (Å²) in [5.41, 5.74) is 8.10. The number of rotatable bonds is 4. The monoisotopic (exact) mass is 285 g/mol. The van der Waals surface area contributed by atoms with Crippen molar-refractivity contribution in [3.8, 4) is 0 Å². The molecule has 0 aliphatic rings. The summed E-state index contributed by atoms with van der Waals surface area (Å²) in [5, 5.41) is 1.13. The van der Waals surface area contributed by atoms with E-state index < -0.39 is 0 Å². The minimum atomic E-state index is 0. The highest BCUT2D eigenvalue weighted by Crippen LogP contribution is 2.23. The smallest absolute Gasteiger partial charge is 0.0907 e. The molecule has 0 amide bonds. The Bertz CT molecular complexity index is 512. The van der Waals surface area contributed by atoms with E-state index in [4.69, 9.17) is 5.73 Å². The molecule has 0 bridgehead atoms. The lowest BCUT2D eigenvalue weighted by Gasteiger charge is -2.23. The summed E-state index contributed by atoms with van der Waals surface area (Å²) in [5.74, 6) is 0. The molecule has 0 aliphatic heterocycles. The number of aromatic nitrogens is 1. The van der Waals surface area contributed by atoms with Crippen LogP contribution in [0.1, 0.15) is 17.5 Å². The minimum Gasteiger partial charge on any atom is -0.329 e. The third-order valence-corrected chi connectivity index (χ3v) is 4.02. The van der Waals surface area contributed by atoms with Crippen LogP contribution in [0.2, 0.25) is 0 Å². The van der Waals surface area contributed by atoms with Crippen LogP contribution in [-0.4, -0.2) is 29.5 Å². The van der Waals surface area contributed by atoms with Gasteiger partial charge in [0.25, 0.3) is 0 Å². The first-order valence-electron chi connectivity index (χ1n) is 5.86. The van der Waals surface area contributed by atoms with E-state index in [1.165, 1.54) is 10.3 Å². The molecule has 0 aliphatic carbocycles. The topological polar surface area (TPSA) is 42.2 Å². The summed E-state index contributed by atoms with van der Waals surface area (Å²) in [6.45, 7) is 5.83. The van der Waals surface area contributed by atoms with Crippen molar-refractivity contribution in [1.29, 1.82) is 0 Å². The molecule has 1 unspecified atom stereocenters. The van der Waals surface area contributed by atoms with E-state index in [9.17, 15) is 0 Å². The fourth-order valence-corrected chi connectivity index (χ4v) is 2.70. The van der Waals surface area contributed by atoms with Gasteiger partial charge in [0.1, 0.15) is 0 Å². The predicted molar refractivity (Wildman–Crippen MR) is 81.6 cm³/mol. The molecule has 1 heterocycles. The number of aryl methyl sites for hydroxylation is 1. The lowest BCUT2D eigenvalue weighted by molar-refractivity contribution is 0.255. The Morgan fingerprint density at radius 3 is 2.83 bits per heavy atom. The van der Waals surface area contributed by atoms with Crippen molar-refractivity contribution in [2.24, 2.45) is 5.73 Å². The SMILES string of the molecule is Cc1nc2ccc(CN(C)C(C)CN)cc2s1.Cl. The van der Waals surface area contributed by atoms with Gasteiger partial charge < -0.3 is 5.73 Å². The molecule has 2 N–H and O–H groups in total. The van der Waals surface area contributed by atoms with Gasteiger partial charge in [-0.05, 0) is 38.6 Å². The molecule has 1 aromatic heterocycles. The second-order valence-electron chi connectivity index (χ2n) is 4.53. The van der Waals surface area contributed by atoms with Gasteiger partial charge in [0.15, 0.2) is 0 Å². The van der Waals surface area contributed by atoms with Crippen LogP contribution in [0.4, 0.5) is 0 Å². The Hall–Kier alpha value is -0.680. The molecule has 0 fully saturated rings. The normalized spacial score (nSPS) is 12.7. The lowest BCUT2D eigenvalue weighted by Crippen LogP contribution is -2.34. The van der Waals surface area contributed by atoms with Gasteiger partial charge in [-0.3, -0.25) is 4.90 Å². The number of fused-ring (bicyclic) bond motifs is 1. The van der Waals surface area contributed by atoms with Crippen LogP contribution >= 0.6 is 23.7 Å². The van der Waals surface area contributed by atoms with Gasteiger partial charge in [-0.25, -0.2) is 4.98 Å². The largest absolute Gasteiger partial charge is 0.329 e. The first-order chi connectivity index (χ1) is 8.10.